The Morgan fingerprint density at radius 1 is 1.29 bits per heavy atom. The zero-order valence-electron chi connectivity index (χ0n) is 12.3. The van der Waals surface area contributed by atoms with Crippen molar-refractivity contribution in [3.05, 3.63) is 17.7 Å². The number of ether oxygens (including phenoxy) is 3. The molecule has 1 fully saturated rings. The van der Waals surface area contributed by atoms with Crippen LogP contribution in [-0.2, 0) is 11.4 Å². The second-order valence-corrected chi connectivity index (χ2v) is 4.93. The summed E-state index contributed by atoms with van der Waals surface area (Å²) in [4.78, 5) is 11.6. The maximum absolute atomic E-state index is 11.6. The van der Waals surface area contributed by atoms with Crippen molar-refractivity contribution in [2.45, 2.75) is 31.9 Å². The number of methoxy groups -OCH3 is 2. The molecule has 6 heteroatoms. The van der Waals surface area contributed by atoms with Crippen LogP contribution < -0.4 is 19.5 Å². The number of nitrogens with one attached hydrogen (secondary N) is 1. The number of hydrogen-bond donors (Lipinski definition) is 2. The number of rotatable bonds is 8. The van der Waals surface area contributed by atoms with Crippen molar-refractivity contribution in [1.82, 2.24) is 5.32 Å². The lowest BCUT2D eigenvalue weighted by molar-refractivity contribution is -0.121. The minimum atomic E-state index is -0.114. The first-order chi connectivity index (χ1) is 10.2. The molecule has 0 aromatic heterocycles. The maximum Gasteiger partial charge on any atom is 0.223 e. The molecule has 1 aliphatic rings. The molecule has 0 radical (unpaired) electrons. The van der Waals surface area contributed by atoms with Gasteiger partial charge in [0.15, 0.2) is 11.5 Å². The lowest BCUT2D eigenvalue weighted by Crippen LogP contribution is -2.26. The first kappa shape index (κ1) is 15.4. The molecule has 0 aliphatic heterocycles. The summed E-state index contributed by atoms with van der Waals surface area (Å²) in [6.07, 6.45) is 2.41. The first-order valence-electron chi connectivity index (χ1n) is 6.95. The molecule has 0 atom stereocenters. The molecule has 6 nitrogen and oxygen atoms in total. The van der Waals surface area contributed by atoms with Crippen molar-refractivity contribution in [1.29, 1.82) is 0 Å². The Morgan fingerprint density at radius 2 is 1.90 bits per heavy atom. The van der Waals surface area contributed by atoms with Gasteiger partial charge in [0.25, 0.3) is 0 Å². The molecule has 2 rings (SSSR count). The number of carbonyl (C=O) groups excluding carboxylic acids is 1. The van der Waals surface area contributed by atoms with Crippen LogP contribution in [-0.4, -0.2) is 37.9 Å². The molecule has 1 aromatic rings. The second-order valence-electron chi connectivity index (χ2n) is 4.93. The Labute approximate surface area is 124 Å². The van der Waals surface area contributed by atoms with Gasteiger partial charge in [-0.2, -0.15) is 0 Å². The molecule has 1 aliphatic carbocycles. The van der Waals surface area contributed by atoms with E-state index in [4.69, 9.17) is 14.2 Å². The summed E-state index contributed by atoms with van der Waals surface area (Å²) < 4.78 is 16.1. The highest BCUT2D eigenvalue weighted by Crippen LogP contribution is 2.38. The van der Waals surface area contributed by atoms with Crippen LogP contribution in [0.1, 0.15) is 24.8 Å². The Morgan fingerprint density at radius 3 is 2.38 bits per heavy atom. The minimum absolute atomic E-state index is 0.0117. The van der Waals surface area contributed by atoms with Crippen LogP contribution >= 0.6 is 0 Å². The number of aliphatic hydroxyl groups is 1. The number of amides is 1. The average molecular weight is 295 g/mol. The van der Waals surface area contributed by atoms with Gasteiger partial charge in [-0.15, -0.1) is 0 Å². The lowest BCUT2D eigenvalue weighted by Gasteiger charge is -2.15. The monoisotopic (exact) mass is 295 g/mol. The van der Waals surface area contributed by atoms with Crippen molar-refractivity contribution in [2.24, 2.45) is 0 Å². The van der Waals surface area contributed by atoms with E-state index in [0.29, 0.717) is 28.9 Å². The number of hydrogen-bond acceptors (Lipinski definition) is 5. The van der Waals surface area contributed by atoms with Gasteiger partial charge in [0.05, 0.1) is 33.9 Å². The largest absolute Gasteiger partial charge is 0.493 e. The van der Waals surface area contributed by atoms with Crippen molar-refractivity contribution in [3.8, 4) is 17.2 Å². The second kappa shape index (κ2) is 7.17. The maximum atomic E-state index is 11.6. The van der Waals surface area contributed by atoms with Crippen LogP contribution in [0.3, 0.4) is 0 Å². The van der Waals surface area contributed by atoms with Crippen LogP contribution in [0.25, 0.3) is 0 Å². The number of benzene rings is 1. The molecule has 21 heavy (non-hydrogen) atoms. The van der Waals surface area contributed by atoms with Crippen molar-refractivity contribution in [3.63, 3.8) is 0 Å². The van der Waals surface area contributed by atoms with Gasteiger partial charge in [0.1, 0.15) is 0 Å². The van der Waals surface area contributed by atoms with Gasteiger partial charge in [-0.05, 0) is 30.5 Å². The highest BCUT2D eigenvalue weighted by molar-refractivity contribution is 5.76. The third-order valence-electron chi connectivity index (χ3n) is 3.22. The molecule has 2 N–H and O–H groups in total. The SMILES string of the molecule is COc1cc(CO)cc(OC)c1OCCC(=O)NC1CC1. The van der Waals surface area contributed by atoms with Crippen LogP contribution in [0.15, 0.2) is 12.1 Å². The van der Waals surface area contributed by atoms with Crippen molar-refractivity contribution >= 4 is 5.91 Å². The Hall–Kier alpha value is -1.95. The van der Waals surface area contributed by atoms with E-state index in [0.717, 1.165) is 12.8 Å². The molecule has 0 heterocycles. The van der Waals surface area contributed by atoms with E-state index in [2.05, 4.69) is 5.32 Å². The van der Waals surface area contributed by atoms with Gasteiger partial charge in [0, 0.05) is 6.04 Å². The van der Waals surface area contributed by atoms with Gasteiger partial charge in [-0.3, -0.25) is 4.79 Å². The molecule has 1 amide bonds. The zero-order chi connectivity index (χ0) is 15.2. The fourth-order valence-corrected chi connectivity index (χ4v) is 1.94. The summed E-state index contributed by atoms with van der Waals surface area (Å²) in [5.74, 6) is 1.38. The third-order valence-corrected chi connectivity index (χ3v) is 3.22. The smallest absolute Gasteiger partial charge is 0.223 e. The van der Waals surface area contributed by atoms with E-state index in [1.807, 2.05) is 0 Å². The highest BCUT2D eigenvalue weighted by Gasteiger charge is 2.23. The quantitative estimate of drug-likeness (QED) is 0.754. The summed E-state index contributed by atoms with van der Waals surface area (Å²) >= 11 is 0. The fraction of sp³-hybridized carbons (Fsp3) is 0.533. The Kier molecular flexibility index (Phi) is 5.27. The molecular weight excluding hydrogens is 274 g/mol. The summed E-state index contributed by atoms with van der Waals surface area (Å²) in [5, 5.41) is 12.1. The topological polar surface area (TPSA) is 77.0 Å². The summed E-state index contributed by atoms with van der Waals surface area (Å²) in [7, 11) is 3.03. The van der Waals surface area contributed by atoms with E-state index < -0.39 is 0 Å². The molecular formula is C15H21NO5. The van der Waals surface area contributed by atoms with Gasteiger partial charge in [0.2, 0.25) is 11.7 Å². The van der Waals surface area contributed by atoms with Crippen LogP contribution in [0.2, 0.25) is 0 Å². The Bertz CT molecular complexity index is 474. The van der Waals surface area contributed by atoms with Gasteiger partial charge >= 0.3 is 0 Å². The van der Waals surface area contributed by atoms with Gasteiger partial charge in [-0.25, -0.2) is 0 Å². The predicted molar refractivity (Wildman–Crippen MR) is 76.7 cm³/mol. The molecule has 1 saturated carbocycles. The molecule has 0 bridgehead atoms. The summed E-state index contributed by atoms with van der Waals surface area (Å²) in [5.41, 5.74) is 0.669. The van der Waals surface area contributed by atoms with Crippen LogP contribution in [0.5, 0.6) is 17.2 Å². The van der Waals surface area contributed by atoms with E-state index in [-0.39, 0.29) is 25.5 Å². The fourth-order valence-electron chi connectivity index (χ4n) is 1.94. The molecule has 0 saturated heterocycles. The summed E-state index contributed by atoms with van der Waals surface area (Å²) in [6.45, 7) is 0.126. The molecule has 0 spiro atoms. The van der Waals surface area contributed by atoms with E-state index >= 15 is 0 Å². The van der Waals surface area contributed by atoms with Crippen LogP contribution in [0, 0.1) is 0 Å². The average Bonchev–Trinajstić information content (AvgIpc) is 3.30. The van der Waals surface area contributed by atoms with E-state index in [9.17, 15) is 9.90 Å². The molecule has 116 valence electrons. The normalized spacial score (nSPS) is 13.7. The first-order valence-corrected chi connectivity index (χ1v) is 6.95. The van der Waals surface area contributed by atoms with Gasteiger partial charge < -0.3 is 24.6 Å². The number of aliphatic hydroxyl groups excluding tert-OH is 1. The van der Waals surface area contributed by atoms with E-state index in [1.165, 1.54) is 14.2 Å². The van der Waals surface area contributed by atoms with Crippen molar-refractivity contribution in [2.75, 3.05) is 20.8 Å². The minimum Gasteiger partial charge on any atom is -0.493 e. The lowest BCUT2D eigenvalue weighted by atomic mass is 10.2. The molecule has 1 aromatic carbocycles. The molecule has 0 unspecified atom stereocenters. The Balaban J connectivity index is 1.98. The van der Waals surface area contributed by atoms with E-state index in [1.54, 1.807) is 12.1 Å². The predicted octanol–water partition coefficient (Wildman–Crippen LogP) is 1.24. The van der Waals surface area contributed by atoms with Crippen molar-refractivity contribution < 1.29 is 24.1 Å². The zero-order valence-corrected chi connectivity index (χ0v) is 12.3. The number of carbonyl (C=O) groups is 1. The van der Waals surface area contributed by atoms with Crippen LogP contribution in [0.4, 0.5) is 0 Å². The summed E-state index contributed by atoms with van der Waals surface area (Å²) in [6, 6.07) is 3.72. The standard InChI is InChI=1S/C15H21NO5/c1-19-12-7-10(9-17)8-13(20-2)15(12)21-6-5-14(18)16-11-3-4-11/h7-8,11,17H,3-6,9H2,1-2H3,(H,16,18). The highest BCUT2D eigenvalue weighted by atomic mass is 16.5. The van der Waals surface area contributed by atoms with Gasteiger partial charge in [-0.1, -0.05) is 0 Å². The third kappa shape index (κ3) is 4.26.